The van der Waals surface area contributed by atoms with E-state index in [-0.39, 0.29) is 0 Å². The van der Waals surface area contributed by atoms with Crippen molar-refractivity contribution in [2.45, 2.75) is 12.8 Å². The van der Waals surface area contributed by atoms with E-state index in [1.807, 2.05) is 30.6 Å². The average Bonchev–Trinajstić information content (AvgIpc) is 3.29. The van der Waals surface area contributed by atoms with Gasteiger partial charge in [-0.3, -0.25) is 14.5 Å². The fourth-order valence-corrected chi connectivity index (χ4v) is 4.45. The van der Waals surface area contributed by atoms with E-state index in [1.165, 1.54) is 5.70 Å². The summed E-state index contributed by atoms with van der Waals surface area (Å²) in [6.07, 6.45) is 16.3. The van der Waals surface area contributed by atoms with E-state index < -0.39 is 0 Å². The van der Waals surface area contributed by atoms with Crippen LogP contribution >= 0.6 is 0 Å². The molecular formula is C29H22N4. The Labute approximate surface area is 192 Å². The van der Waals surface area contributed by atoms with Crippen LogP contribution in [0.3, 0.4) is 0 Å². The second-order valence-corrected chi connectivity index (χ2v) is 8.11. The van der Waals surface area contributed by atoms with E-state index in [4.69, 9.17) is 4.98 Å². The number of nitrogens with zero attached hydrogens (tertiary/aromatic N) is 4. The largest absolute Gasteiger partial charge is 0.293 e. The van der Waals surface area contributed by atoms with Gasteiger partial charge < -0.3 is 0 Å². The number of allylic oxidation sites excluding steroid dienone is 4. The van der Waals surface area contributed by atoms with Gasteiger partial charge in [-0.05, 0) is 66.4 Å². The number of para-hydroxylation sites is 2. The minimum atomic E-state index is 0.936. The smallest absolute Gasteiger partial charge is 0.146 e. The van der Waals surface area contributed by atoms with Crippen molar-refractivity contribution in [3.63, 3.8) is 0 Å². The monoisotopic (exact) mass is 426 g/mol. The summed E-state index contributed by atoms with van der Waals surface area (Å²) < 4.78 is 2.28. The molecule has 0 amide bonds. The maximum absolute atomic E-state index is 5.10. The van der Waals surface area contributed by atoms with Crippen molar-refractivity contribution in [1.82, 2.24) is 19.5 Å². The lowest BCUT2D eigenvalue weighted by molar-refractivity contribution is 1.01. The SMILES string of the molecule is C1=CC(n2c(-c3ccc(-c4cccnc4)cc3-c3cccnc3)nc3ccccc32)=CCC1. The third-order valence-electron chi connectivity index (χ3n) is 6.02. The molecule has 0 fully saturated rings. The maximum atomic E-state index is 5.10. The zero-order valence-electron chi connectivity index (χ0n) is 18.1. The summed E-state index contributed by atoms with van der Waals surface area (Å²) in [5.41, 5.74) is 8.70. The first-order valence-electron chi connectivity index (χ1n) is 11.2. The van der Waals surface area contributed by atoms with Crippen LogP contribution in [0.5, 0.6) is 0 Å². The summed E-state index contributed by atoms with van der Waals surface area (Å²) in [5, 5.41) is 0. The van der Waals surface area contributed by atoms with Gasteiger partial charge in [-0.15, -0.1) is 0 Å². The van der Waals surface area contributed by atoms with Gasteiger partial charge in [0.2, 0.25) is 0 Å². The van der Waals surface area contributed by atoms with Gasteiger partial charge in [-0.2, -0.15) is 0 Å². The van der Waals surface area contributed by atoms with Gasteiger partial charge in [-0.25, -0.2) is 4.98 Å². The van der Waals surface area contributed by atoms with Crippen molar-refractivity contribution in [2.24, 2.45) is 0 Å². The number of imidazole rings is 1. The van der Waals surface area contributed by atoms with Crippen LogP contribution in [0.1, 0.15) is 12.8 Å². The molecule has 3 aromatic heterocycles. The van der Waals surface area contributed by atoms with Gasteiger partial charge in [0.25, 0.3) is 0 Å². The molecule has 6 rings (SSSR count). The molecule has 0 bridgehead atoms. The summed E-state index contributed by atoms with van der Waals surface area (Å²) in [5.74, 6) is 0.936. The molecule has 3 heterocycles. The van der Waals surface area contributed by atoms with E-state index in [0.717, 1.165) is 57.5 Å². The van der Waals surface area contributed by atoms with Crippen molar-refractivity contribution in [3.8, 4) is 33.6 Å². The fourth-order valence-electron chi connectivity index (χ4n) is 4.45. The highest BCUT2D eigenvalue weighted by atomic mass is 15.1. The molecule has 1 aliphatic carbocycles. The van der Waals surface area contributed by atoms with E-state index in [9.17, 15) is 0 Å². The molecule has 4 nitrogen and oxygen atoms in total. The topological polar surface area (TPSA) is 43.6 Å². The summed E-state index contributed by atoms with van der Waals surface area (Å²) >= 11 is 0. The third-order valence-corrected chi connectivity index (χ3v) is 6.02. The molecule has 5 aromatic rings. The number of hydrogen-bond acceptors (Lipinski definition) is 3. The predicted molar refractivity (Wildman–Crippen MR) is 134 cm³/mol. The van der Waals surface area contributed by atoms with Crippen LogP contribution in [-0.2, 0) is 0 Å². The van der Waals surface area contributed by atoms with Crippen molar-refractivity contribution in [1.29, 1.82) is 0 Å². The van der Waals surface area contributed by atoms with Gasteiger partial charge >= 0.3 is 0 Å². The molecule has 0 unspecified atom stereocenters. The van der Waals surface area contributed by atoms with Crippen molar-refractivity contribution in [3.05, 3.63) is 110 Å². The van der Waals surface area contributed by atoms with Gasteiger partial charge in [-0.1, -0.05) is 42.5 Å². The minimum Gasteiger partial charge on any atom is -0.293 e. The zero-order valence-corrected chi connectivity index (χ0v) is 18.1. The van der Waals surface area contributed by atoms with Crippen LogP contribution in [0.2, 0.25) is 0 Å². The number of rotatable bonds is 4. The van der Waals surface area contributed by atoms with Crippen molar-refractivity contribution < 1.29 is 0 Å². The van der Waals surface area contributed by atoms with Crippen molar-refractivity contribution in [2.75, 3.05) is 0 Å². The van der Waals surface area contributed by atoms with Gasteiger partial charge in [0.05, 0.1) is 11.0 Å². The van der Waals surface area contributed by atoms with Gasteiger partial charge in [0, 0.05) is 47.2 Å². The van der Waals surface area contributed by atoms with Crippen LogP contribution < -0.4 is 0 Å². The molecule has 1 aliphatic rings. The molecule has 0 radical (unpaired) electrons. The fraction of sp³-hybridized carbons (Fsp3) is 0.0690. The zero-order chi connectivity index (χ0) is 22.0. The molecule has 0 aliphatic heterocycles. The molecular weight excluding hydrogens is 404 g/mol. The summed E-state index contributed by atoms with van der Waals surface area (Å²) in [6.45, 7) is 0. The highest BCUT2D eigenvalue weighted by Crippen LogP contribution is 2.38. The maximum Gasteiger partial charge on any atom is 0.146 e. The Morgan fingerprint density at radius 2 is 1.52 bits per heavy atom. The molecule has 0 N–H and O–H groups in total. The Bertz CT molecular complexity index is 1500. The van der Waals surface area contributed by atoms with Crippen LogP contribution in [0.4, 0.5) is 0 Å². The Hall–Kier alpha value is -4.31. The summed E-state index contributed by atoms with van der Waals surface area (Å²) in [7, 11) is 0. The quantitative estimate of drug-likeness (QED) is 0.310. The molecule has 4 heteroatoms. The Balaban J connectivity index is 1.63. The predicted octanol–water partition coefficient (Wildman–Crippen LogP) is 7.02. The summed E-state index contributed by atoms with van der Waals surface area (Å²) in [6, 6.07) is 23.0. The standard InChI is InChI=1S/C29H22N4/c1-2-10-24(11-3-1)33-28-13-5-4-12-27(28)32-29(33)25-15-14-21(22-8-6-16-30-19-22)18-26(25)23-9-7-17-31-20-23/h2,4-20H,1,3H2. The lowest BCUT2D eigenvalue weighted by atomic mass is 9.95. The third kappa shape index (κ3) is 3.56. The van der Waals surface area contributed by atoms with E-state index >= 15 is 0 Å². The van der Waals surface area contributed by atoms with E-state index in [1.54, 1.807) is 12.4 Å². The Morgan fingerprint density at radius 3 is 2.27 bits per heavy atom. The van der Waals surface area contributed by atoms with Crippen LogP contribution in [0.25, 0.3) is 50.4 Å². The Kier molecular flexibility index (Phi) is 4.89. The Morgan fingerprint density at radius 1 is 0.697 bits per heavy atom. The second-order valence-electron chi connectivity index (χ2n) is 8.11. The minimum absolute atomic E-state index is 0.936. The number of benzene rings is 2. The first-order valence-corrected chi connectivity index (χ1v) is 11.2. The molecule has 0 atom stereocenters. The molecule has 33 heavy (non-hydrogen) atoms. The van der Waals surface area contributed by atoms with Crippen LogP contribution in [-0.4, -0.2) is 19.5 Å². The number of pyridine rings is 2. The number of aromatic nitrogens is 4. The molecule has 0 spiro atoms. The average molecular weight is 427 g/mol. The number of fused-ring (bicyclic) bond motifs is 1. The van der Waals surface area contributed by atoms with E-state index in [0.29, 0.717) is 0 Å². The molecule has 0 saturated carbocycles. The first kappa shape index (κ1) is 19.4. The second kappa shape index (κ2) is 8.32. The molecule has 158 valence electrons. The molecule has 2 aromatic carbocycles. The normalized spacial score (nSPS) is 13.3. The molecule has 0 saturated heterocycles. The van der Waals surface area contributed by atoms with Crippen molar-refractivity contribution >= 4 is 16.7 Å². The number of hydrogen-bond donors (Lipinski definition) is 0. The van der Waals surface area contributed by atoms with Gasteiger partial charge in [0.1, 0.15) is 5.82 Å². The highest BCUT2D eigenvalue weighted by Gasteiger charge is 2.19. The summed E-state index contributed by atoms with van der Waals surface area (Å²) in [4.78, 5) is 13.8. The van der Waals surface area contributed by atoms with E-state index in [2.05, 4.69) is 81.3 Å². The van der Waals surface area contributed by atoms with Gasteiger partial charge in [0.15, 0.2) is 0 Å². The lowest BCUT2D eigenvalue weighted by Crippen LogP contribution is -2.01. The van der Waals surface area contributed by atoms with Crippen LogP contribution in [0, 0.1) is 0 Å². The first-order chi connectivity index (χ1) is 16.4. The lowest BCUT2D eigenvalue weighted by Gasteiger charge is -2.16. The van der Waals surface area contributed by atoms with Crippen LogP contribution in [0.15, 0.2) is 110 Å². The highest BCUT2D eigenvalue weighted by molar-refractivity contribution is 5.92.